The lowest BCUT2D eigenvalue weighted by Gasteiger charge is -2.28. The third kappa shape index (κ3) is 3.71. The quantitative estimate of drug-likeness (QED) is 0.835. The number of carboxylic acids is 1. The monoisotopic (exact) mass is 295 g/mol. The summed E-state index contributed by atoms with van der Waals surface area (Å²) in [5.41, 5.74) is 0.592. The summed E-state index contributed by atoms with van der Waals surface area (Å²) in [5, 5.41) is 12.2. The number of esters is 1. The summed E-state index contributed by atoms with van der Waals surface area (Å²) in [6, 6.07) is 3.80. The van der Waals surface area contributed by atoms with E-state index in [-0.39, 0.29) is 17.5 Å². The van der Waals surface area contributed by atoms with Crippen LogP contribution in [0.3, 0.4) is 0 Å². The summed E-state index contributed by atoms with van der Waals surface area (Å²) >= 11 is 0. The van der Waals surface area contributed by atoms with Gasteiger partial charge in [-0.3, -0.25) is 4.79 Å². The third-order valence-electron chi connectivity index (χ3n) is 3.77. The van der Waals surface area contributed by atoms with Crippen LogP contribution in [0.1, 0.15) is 36.0 Å². The molecule has 0 heterocycles. The molecule has 5 nitrogen and oxygen atoms in total. The number of aliphatic carboxylic acids is 1. The van der Waals surface area contributed by atoms with Crippen molar-refractivity contribution in [2.45, 2.75) is 31.7 Å². The van der Waals surface area contributed by atoms with E-state index in [1.807, 2.05) is 0 Å². The van der Waals surface area contributed by atoms with Crippen LogP contribution in [0.2, 0.25) is 0 Å². The molecule has 21 heavy (non-hydrogen) atoms. The maximum absolute atomic E-state index is 13.3. The fourth-order valence-corrected chi connectivity index (χ4v) is 2.69. The molecule has 2 rings (SSSR count). The van der Waals surface area contributed by atoms with Crippen LogP contribution in [0, 0.1) is 11.7 Å². The van der Waals surface area contributed by atoms with Crippen molar-refractivity contribution in [3.05, 3.63) is 29.6 Å². The van der Waals surface area contributed by atoms with Gasteiger partial charge >= 0.3 is 11.9 Å². The van der Waals surface area contributed by atoms with Crippen molar-refractivity contribution in [2.75, 3.05) is 12.4 Å². The first-order chi connectivity index (χ1) is 10.0. The number of anilines is 1. The fourth-order valence-electron chi connectivity index (χ4n) is 2.69. The Hall–Kier alpha value is -2.11. The largest absolute Gasteiger partial charge is 0.481 e. The van der Waals surface area contributed by atoms with Crippen molar-refractivity contribution in [2.24, 2.45) is 5.92 Å². The molecule has 1 aliphatic carbocycles. The van der Waals surface area contributed by atoms with E-state index in [2.05, 4.69) is 10.1 Å². The first-order valence-electron chi connectivity index (χ1n) is 6.88. The van der Waals surface area contributed by atoms with E-state index in [4.69, 9.17) is 5.11 Å². The number of benzene rings is 1. The summed E-state index contributed by atoms with van der Waals surface area (Å²) in [5.74, 6) is -2.32. The zero-order valence-electron chi connectivity index (χ0n) is 11.8. The van der Waals surface area contributed by atoms with Gasteiger partial charge in [0.05, 0.1) is 18.6 Å². The molecule has 1 saturated carbocycles. The highest BCUT2D eigenvalue weighted by Gasteiger charge is 2.27. The van der Waals surface area contributed by atoms with Crippen LogP contribution in [0.25, 0.3) is 0 Å². The van der Waals surface area contributed by atoms with E-state index < -0.39 is 17.8 Å². The first-order valence-corrected chi connectivity index (χ1v) is 6.88. The number of rotatable bonds is 4. The second kappa shape index (κ2) is 6.56. The number of methoxy groups -OCH3 is 1. The molecule has 0 saturated heterocycles. The second-order valence-electron chi connectivity index (χ2n) is 5.22. The summed E-state index contributed by atoms with van der Waals surface area (Å²) in [4.78, 5) is 22.7. The van der Waals surface area contributed by atoms with Crippen molar-refractivity contribution in [1.82, 2.24) is 0 Å². The maximum Gasteiger partial charge on any atom is 0.340 e. The molecular formula is C15H18FNO4. The van der Waals surface area contributed by atoms with E-state index in [0.717, 1.165) is 18.9 Å². The Labute approximate surface area is 122 Å². The lowest BCUT2D eigenvalue weighted by atomic mass is 9.85. The molecular weight excluding hydrogens is 277 g/mol. The molecule has 1 fully saturated rings. The molecule has 0 amide bonds. The van der Waals surface area contributed by atoms with Crippen LogP contribution < -0.4 is 5.32 Å². The Kier molecular flexibility index (Phi) is 4.77. The van der Waals surface area contributed by atoms with E-state index in [0.29, 0.717) is 18.5 Å². The number of nitrogens with one attached hydrogen (secondary N) is 1. The molecule has 0 aliphatic heterocycles. The Bertz CT molecular complexity index is 546. The zero-order chi connectivity index (χ0) is 15.4. The molecule has 0 radical (unpaired) electrons. The van der Waals surface area contributed by atoms with Gasteiger partial charge in [0.15, 0.2) is 0 Å². The summed E-state index contributed by atoms with van der Waals surface area (Å²) < 4.78 is 17.9. The van der Waals surface area contributed by atoms with Gasteiger partial charge in [-0.1, -0.05) is 6.42 Å². The van der Waals surface area contributed by atoms with E-state index in [9.17, 15) is 14.0 Å². The van der Waals surface area contributed by atoms with Crippen LogP contribution in [0.5, 0.6) is 0 Å². The number of carbonyl (C=O) groups is 2. The van der Waals surface area contributed by atoms with E-state index >= 15 is 0 Å². The molecule has 114 valence electrons. The third-order valence-corrected chi connectivity index (χ3v) is 3.77. The molecule has 2 atom stereocenters. The van der Waals surface area contributed by atoms with Gasteiger partial charge in [-0.2, -0.15) is 0 Å². The number of hydrogen-bond donors (Lipinski definition) is 2. The zero-order valence-corrected chi connectivity index (χ0v) is 11.8. The molecule has 6 heteroatoms. The van der Waals surface area contributed by atoms with Gasteiger partial charge in [-0.25, -0.2) is 9.18 Å². The summed E-state index contributed by atoms with van der Waals surface area (Å²) in [6.45, 7) is 0. The Morgan fingerprint density at radius 2 is 2.14 bits per heavy atom. The molecule has 2 N–H and O–H groups in total. The van der Waals surface area contributed by atoms with E-state index in [1.54, 1.807) is 0 Å². The van der Waals surface area contributed by atoms with Gasteiger partial charge in [0.25, 0.3) is 0 Å². The SMILES string of the molecule is COC(=O)c1cc(F)ccc1NC1CCCC(C(=O)O)C1. The molecule has 0 bridgehead atoms. The number of hydrogen-bond acceptors (Lipinski definition) is 4. The van der Waals surface area contributed by atoms with Gasteiger partial charge < -0.3 is 15.2 Å². The van der Waals surface area contributed by atoms with Crippen LogP contribution in [0.15, 0.2) is 18.2 Å². The molecule has 1 aromatic carbocycles. The van der Waals surface area contributed by atoms with Gasteiger partial charge in [0, 0.05) is 11.7 Å². The van der Waals surface area contributed by atoms with Gasteiger partial charge in [-0.15, -0.1) is 0 Å². The summed E-state index contributed by atoms with van der Waals surface area (Å²) in [7, 11) is 1.23. The number of ether oxygens (including phenoxy) is 1. The molecule has 0 aromatic heterocycles. The first kappa shape index (κ1) is 15.3. The lowest BCUT2D eigenvalue weighted by Crippen LogP contribution is -2.31. The molecule has 1 aliphatic rings. The van der Waals surface area contributed by atoms with Crippen LogP contribution in [-0.4, -0.2) is 30.2 Å². The predicted octanol–water partition coefficient (Wildman–Crippen LogP) is 2.67. The molecule has 1 aromatic rings. The van der Waals surface area contributed by atoms with Crippen molar-refractivity contribution < 1.29 is 23.8 Å². The topological polar surface area (TPSA) is 75.6 Å². The number of halogens is 1. The lowest BCUT2D eigenvalue weighted by molar-refractivity contribution is -0.142. The molecule has 0 spiro atoms. The second-order valence-corrected chi connectivity index (χ2v) is 5.22. The van der Waals surface area contributed by atoms with Crippen molar-refractivity contribution >= 4 is 17.6 Å². The minimum Gasteiger partial charge on any atom is -0.481 e. The Morgan fingerprint density at radius 3 is 2.81 bits per heavy atom. The number of carbonyl (C=O) groups excluding carboxylic acids is 1. The van der Waals surface area contributed by atoms with Crippen LogP contribution >= 0.6 is 0 Å². The minimum absolute atomic E-state index is 0.0475. The van der Waals surface area contributed by atoms with Crippen LogP contribution in [-0.2, 0) is 9.53 Å². The number of carboxylic acid groups (broad SMARTS) is 1. The Balaban J connectivity index is 2.15. The highest BCUT2D eigenvalue weighted by molar-refractivity contribution is 5.95. The maximum atomic E-state index is 13.3. The van der Waals surface area contributed by atoms with Crippen molar-refractivity contribution in [3.8, 4) is 0 Å². The average molecular weight is 295 g/mol. The van der Waals surface area contributed by atoms with Crippen molar-refractivity contribution in [1.29, 1.82) is 0 Å². The highest BCUT2D eigenvalue weighted by atomic mass is 19.1. The average Bonchev–Trinajstić information content (AvgIpc) is 2.48. The standard InChI is InChI=1S/C15H18FNO4/c1-21-15(20)12-8-10(16)5-6-13(12)17-11-4-2-3-9(7-11)14(18)19/h5-6,8-9,11,17H,2-4,7H2,1H3,(H,18,19). The minimum atomic E-state index is -0.797. The van der Waals surface area contributed by atoms with Crippen molar-refractivity contribution in [3.63, 3.8) is 0 Å². The normalized spacial score (nSPS) is 21.6. The van der Waals surface area contributed by atoms with Gasteiger partial charge in [0.1, 0.15) is 5.82 Å². The Morgan fingerprint density at radius 1 is 1.38 bits per heavy atom. The highest BCUT2D eigenvalue weighted by Crippen LogP contribution is 2.28. The summed E-state index contributed by atoms with van der Waals surface area (Å²) in [6.07, 6.45) is 2.79. The molecule has 2 unspecified atom stereocenters. The van der Waals surface area contributed by atoms with Gasteiger partial charge in [0.2, 0.25) is 0 Å². The van der Waals surface area contributed by atoms with E-state index in [1.165, 1.54) is 19.2 Å². The smallest absolute Gasteiger partial charge is 0.340 e. The fraction of sp³-hybridized carbons (Fsp3) is 0.467. The van der Waals surface area contributed by atoms with Crippen LogP contribution in [0.4, 0.5) is 10.1 Å². The van der Waals surface area contributed by atoms with Gasteiger partial charge in [-0.05, 0) is 37.5 Å². The predicted molar refractivity (Wildman–Crippen MR) is 74.7 cm³/mol.